The van der Waals surface area contributed by atoms with Gasteiger partial charge in [-0.3, -0.25) is 0 Å². The molecule has 1 aromatic carbocycles. The second-order valence-corrected chi connectivity index (χ2v) is 5.22. The summed E-state index contributed by atoms with van der Waals surface area (Å²) in [5, 5.41) is 0. The van der Waals surface area contributed by atoms with E-state index < -0.39 is 0 Å². The van der Waals surface area contributed by atoms with Crippen LogP contribution in [-0.4, -0.2) is 25.9 Å². The molecule has 2 rings (SSSR count). The molecule has 2 N–H and O–H groups in total. The van der Waals surface area contributed by atoms with Gasteiger partial charge in [0.05, 0.1) is 12.7 Å². The molecule has 3 nitrogen and oxygen atoms in total. The van der Waals surface area contributed by atoms with E-state index in [0.29, 0.717) is 12.5 Å². The highest BCUT2D eigenvalue weighted by Gasteiger charge is 2.20. The predicted molar refractivity (Wildman–Crippen MR) is 72.3 cm³/mol. The Hall–Kier alpha value is -0.970. The van der Waals surface area contributed by atoms with E-state index >= 15 is 0 Å². The van der Waals surface area contributed by atoms with E-state index in [1.807, 2.05) is 6.92 Å². The number of nitrogens with two attached hydrogens (primary N) is 1. The average Bonchev–Trinajstić information content (AvgIpc) is 2.42. The van der Waals surface area contributed by atoms with Crippen molar-refractivity contribution in [3.63, 3.8) is 0 Å². The summed E-state index contributed by atoms with van der Waals surface area (Å²) in [4.78, 5) is 0. The van der Waals surface area contributed by atoms with Crippen molar-refractivity contribution in [2.75, 3.05) is 19.8 Å². The van der Waals surface area contributed by atoms with Crippen LogP contribution in [0.2, 0.25) is 0 Å². The van der Waals surface area contributed by atoms with Crippen molar-refractivity contribution >= 4 is 0 Å². The molecule has 1 aliphatic heterocycles. The number of hydrogen-bond donors (Lipinski definition) is 1. The standard InChI is InChI=1S/C15H22FNO2/c1-11(17)15(13-2-4-14(16)5-3-13)19-10-12-6-8-18-9-7-12/h2-5,11-12,15H,6-10,17H2,1H3. The molecular formula is C15H22FNO2. The number of halogens is 1. The molecule has 0 amide bonds. The predicted octanol–water partition coefficient (Wildman–Crippen LogP) is 2.66. The summed E-state index contributed by atoms with van der Waals surface area (Å²) in [6, 6.07) is 6.26. The lowest BCUT2D eigenvalue weighted by Crippen LogP contribution is -2.29. The quantitative estimate of drug-likeness (QED) is 0.892. The van der Waals surface area contributed by atoms with Gasteiger partial charge in [-0.25, -0.2) is 4.39 Å². The summed E-state index contributed by atoms with van der Waals surface area (Å²) >= 11 is 0. The first-order chi connectivity index (χ1) is 9.16. The lowest BCUT2D eigenvalue weighted by molar-refractivity contribution is -0.0187. The van der Waals surface area contributed by atoms with E-state index in [1.54, 1.807) is 12.1 Å². The Morgan fingerprint density at radius 3 is 2.53 bits per heavy atom. The second-order valence-electron chi connectivity index (χ2n) is 5.22. The first-order valence-corrected chi connectivity index (χ1v) is 6.87. The van der Waals surface area contributed by atoms with Crippen LogP contribution in [0.15, 0.2) is 24.3 Å². The van der Waals surface area contributed by atoms with Gasteiger partial charge in [-0.15, -0.1) is 0 Å². The zero-order chi connectivity index (χ0) is 13.7. The van der Waals surface area contributed by atoms with Crippen molar-refractivity contribution in [2.45, 2.75) is 31.9 Å². The fourth-order valence-corrected chi connectivity index (χ4v) is 2.36. The summed E-state index contributed by atoms with van der Waals surface area (Å²) < 4.78 is 24.2. The lowest BCUT2D eigenvalue weighted by Gasteiger charge is -2.27. The molecule has 0 radical (unpaired) electrons. The third kappa shape index (κ3) is 4.27. The molecule has 0 saturated carbocycles. The molecule has 0 aliphatic carbocycles. The summed E-state index contributed by atoms with van der Waals surface area (Å²) in [5.74, 6) is 0.298. The highest BCUT2D eigenvalue weighted by Crippen LogP contribution is 2.24. The monoisotopic (exact) mass is 267 g/mol. The van der Waals surface area contributed by atoms with E-state index in [9.17, 15) is 4.39 Å². The van der Waals surface area contributed by atoms with Crippen molar-refractivity contribution < 1.29 is 13.9 Å². The van der Waals surface area contributed by atoms with Gasteiger partial charge in [-0.1, -0.05) is 12.1 Å². The molecule has 1 fully saturated rings. The van der Waals surface area contributed by atoms with Crippen LogP contribution in [0.4, 0.5) is 4.39 Å². The van der Waals surface area contributed by atoms with E-state index in [1.165, 1.54) is 12.1 Å². The van der Waals surface area contributed by atoms with Gasteiger partial charge in [0, 0.05) is 19.3 Å². The third-order valence-corrected chi connectivity index (χ3v) is 3.53. The topological polar surface area (TPSA) is 44.5 Å². The van der Waals surface area contributed by atoms with Gasteiger partial charge < -0.3 is 15.2 Å². The molecule has 2 atom stereocenters. The molecule has 1 aliphatic rings. The summed E-state index contributed by atoms with van der Waals surface area (Å²) in [7, 11) is 0. The normalized spacial score (nSPS) is 20.2. The summed E-state index contributed by atoms with van der Waals surface area (Å²) in [5.41, 5.74) is 6.91. The van der Waals surface area contributed by atoms with Crippen molar-refractivity contribution in [2.24, 2.45) is 11.7 Å². The number of benzene rings is 1. The first-order valence-electron chi connectivity index (χ1n) is 6.87. The number of ether oxygens (including phenoxy) is 2. The van der Waals surface area contributed by atoms with Crippen LogP contribution < -0.4 is 5.73 Å². The van der Waals surface area contributed by atoms with Crippen LogP contribution in [0.3, 0.4) is 0 Å². The van der Waals surface area contributed by atoms with Crippen LogP contribution in [-0.2, 0) is 9.47 Å². The van der Waals surface area contributed by atoms with Crippen LogP contribution in [0.25, 0.3) is 0 Å². The average molecular weight is 267 g/mol. The van der Waals surface area contributed by atoms with Gasteiger partial charge in [-0.05, 0) is 43.4 Å². The Morgan fingerprint density at radius 2 is 1.95 bits per heavy atom. The van der Waals surface area contributed by atoms with Gasteiger partial charge >= 0.3 is 0 Å². The van der Waals surface area contributed by atoms with E-state index in [0.717, 1.165) is 31.6 Å². The van der Waals surface area contributed by atoms with Gasteiger partial charge in [0.1, 0.15) is 5.82 Å². The summed E-state index contributed by atoms with van der Waals surface area (Å²) in [6.45, 7) is 4.23. The molecule has 1 heterocycles. The van der Waals surface area contributed by atoms with Crippen LogP contribution >= 0.6 is 0 Å². The molecule has 106 valence electrons. The Morgan fingerprint density at radius 1 is 1.32 bits per heavy atom. The first kappa shape index (κ1) is 14.4. The van der Waals surface area contributed by atoms with Crippen molar-refractivity contribution in [1.82, 2.24) is 0 Å². The molecular weight excluding hydrogens is 245 g/mol. The zero-order valence-corrected chi connectivity index (χ0v) is 11.3. The van der Waals surface area contributed by atoms with Gasteiger partial charge in [0.15, 0.2) is 0 Å². The fourth-order valence-electron chi connectivity index (χ4n) is 2.36. The van der Waals surface area contributed by atoms with E-state index in [-0.39, 0.29) is 18.0 Å². The molecule has 0 spiro atoms. The van der Waals surface area contributed by atoms with Crippen LogP contribution in [0, 0.1) is 11.7 Å². The summed E-state index contributed by atoms with van der Waals surface area (Å²) in [6.07, 6.45) is 1.90. The maximum Gasteiger partial charge on any atom is 0.123 e. The number of hydrogen-bond acceptors (Lipinski definition) is 3. The molecule has 0 aromatic heterocycles. The number of rotatable bonds is 5. The van der Waals surface area contributed by atoms with Gasteiger partial charge in [0.2, 0.25) is 0 Å². The van der Waals surface area contributed by atoms with Crippen molar-refractivity contribution in [3.05, 3.63) is 35.6 Å². The minimum Gasteiger partial charge on any atom is -0.381 e. The van der Waals surface area contributed by atoms with Gasteiger partial charge in [-0.2, -0.15) is 0 Å². The van der Waals surface area contributed by atoms with Crippen molar-refractivity contribution in [3.8, 4) is 0 Å². The molecule has 1 saturated heterocycles. The maximum absolute atomic E-state index is 12.9. The zero-order valence-electron chi connectivity index (χ0n) is 11.3. The van der Waals surface area contributed by atoms with Crippen LogP contribution in [0.1, 0.15) is 31.4 Å². The lowest BCUT2D eigenvalue weighted by atomic mass is 10.0. The smallest absolute Gasteiger partial charge is 0.123 e. The highest BCUT2D eigenvalue weighted by atomic mass is 19.1. The second kappa shape index (κ2) is 6.98. The Labute approximate surface area is 113 Å². The maximum atomic E-state index is 12.9. The molecule has 0 bridgehead atoms. The Balaban J connectivity index is 1.94. The van der Waals surface area contributed by atoms with Crippen molar-refractivity contribution in [1.29, 1.82) is 0 Å². The van der Waals surface area contributed by atoms with E-state index in [4.69, 9.17) is 15.2 Å². The minimum absolute atomic E-state index is 0.120. The molecule has 2 unspecified atom stereocenters. The minimum atomic E-state index is -0.239. The van der Waals surface area contributed by atoms with Crippen LogP contribution in [0.5, 0.6) is 0 Å². The molecule has 1 aromatic rings. The Bertz CT molecular complexity index is 374. The van der Waals surface area contributed by atoms with E-state index in [2.05, 4.69) is 0 Å². The molecule has 19 heavy (non-hydrogen) atoms. The third-order valence-electron chi connectivity index (χ3n) is 3.53. The fraction of sp³-hybridized carbons (Fsp3) is 0.600. The highest BCUT2D eigenvalue weighted by molar-refractivity contribution is 5.19. The molecule has 4 heteroatoms. The van der Waals surface area contributed by atoms with Gasteiger partial charge in [0.25, 0.3) is 0 Å². The SMILES string of the molecule is CC(N)C(OCC1CCOCC1)c1ccc(F)cc1. The largest absolute Gasteiger partial charge is 0.381 e. The Kier molecular flexibility index (Phi) is 5.31.